The number of carboxylic acids is 1. The number of benzene rings is 1. The molecule has 1 rings (SSSR count). The van der Waals surface area contributed by atoms with Crippen molar-refractivity contribution in [3.05, 3.63) is 27.7 Å². The van der Waals surface area contributed by atoms with E-state index < -0.39 is 5.97 Å². The lowest BCUT2D eigenvalue weighted by Gasteiger charge is -2.21. The number of halogens is 2. The van der Waals surface area contributed by atoms with Gasteiger partial charge in [-0.15, -0.1) is 0 Å². The molecule has 1 aromatic rings. The topological polar surface area (TPSA) is 69.6 Å². The lowest BCUT2D eigenvalue weighted by molar-refractivity contribution is -0.137. The Morgan fingerprint density at radius 3 is 2.74 bits per heavy atom. The van der Waals surface area contributed by atoms with Crippen molar-refractivity contribution in [3.8, 4) is 0 Å². The first-order valence-corrected chi connectivity index (χ1v) is 6.84. The molecule has 2 amide bonds. The lowest BCUT2D eigenvalue weighted by atomic mass is 10.3. The Kier molecular flexibility index (Phi) is 6.11. The molecule has 0 atom stereocenters. The normalized spacial score (nSPS) is 10.1. The summed E-state index contributed by atoms with van der Waals surface area (Å²) in [6.45, 7) is 2.38. The Hall–Kier alpha value is -1.27. The van der Waals surface area contributed by atoms with E-state index in [1.807, 2.05) is 0 Å². The second-order valence-corrected chi connectivity index (χ2v) is 5.07. The number of nitrogens with zero attached hydrogens (tertiary/aromatic N) is 1. The van der Waals surface area contributed by atoms with Crippen LogP contribution < -0.4 is 5.32 Å². The largest absolute Gasteiger partial charge is 0.481 e. The van der Waals surface area contributed by atoms with Crippen LogP contribution in [0.25, 0.3) is 0 Å². The van der Waals surface area contributed by atoms with Crippen molar-refractivity contribution in [1.29, 1.82) is 0 Å². The van der Waals surface area contributed by atoms with Crippen LogP contribution in [-0.2, 0) is 4.79 Å². The van der Waals surface area contributed by atoms with Gasteiger partial charge in [0.1, 0.15) is 0 Å². The van der Waals surface area contributed by atoms with Gasteiger partial charge in [0.2, 0.25) is 0 Å². The summed E-state index contributed by atoms with van der Waals surface area (Å²) >= 11 is 9.16. The van der Waals surface area contributed by atoms with Crippen LogP contribution in [0.3, 0.4) is 0 Å². The smallest absolute Gasteiger partial charge is 0.321 e. The predicted octanol–water partition coefficient (Wildman–Crippen LogP) is 3.43. The Morgan fingerprint density at radius 1 is 1.47 bits per heavy atom. The van der Waals surface area contributed by atoms with E-state index in [4.69, 9.17) is 16.7 Å². The average Bonchev–Trinajstić information content (AvgIpc) is 2.34. The van der Waals surface area contributed by atoms with E-state index in [0.717, 1.165) is 0 Å². The summed E-state index contributed by atoms with van der Waals surface area (Å²) in [5.74, 6) is -0.935. The third-order valence-corrected chi connectivity index (χ3v) is 3.36. The van der Waals surface area contributed by atoms with Crippen molar-refractivity contribution < 1.29 is 14.7 Å². The summed E-state index contributed by atoms with van der Waals surface area (Å²) in [6.07, 6.45) is -0.0853. The van der Waals surface area contributed by atoms with E-state index in [-0.39, 0.29) is 19.0 Å². The summed E-state index contributed by atoms with van der Waals surface area (Å²) in [5, 5.41) is 11.8. The predicted molar refractivity (Wildman–Crippen MR) is 77.7 cm³/mol. The minimum absolute atomic E-state index is 0.0853. The molecule has 0 heterocycles. The van der Waals surface area contributed by atoms with Gasteiger partial charge in [-0.25, -0.2) is 4.79 Å². The fraction of sp³-hybridized carbons (Fsp3) is 0.333. The number of rotatable bonds is 5. The molecular formula is C12H14BrClN2O3. The van der Waals surface area contributed by atoms with Crippen molar-refractivity contribution >= 4 is 45.2 Å². The van der Waals surface area contributed by atoms with Crippen LogP contribution in [0, 0.1) is 0 Å². The van der Waals surface area contributed by atoms with Crippen molar-refractivity contribution in [2.45, 2.75) is 13.3 Å². The third kappa shape index (κ3) is 5.08. The molecule has 2 N–H and O–H groups in total. The first-order chi connectivity index (χ1) is 8.93. The van der Waals surface area contributed by atoms with Gasteiger partial charge in [0.05, 0.1) is 12.1 Å². The minimum Gasteiger partial charge on any atom is -0.481 e. The molecular weight excluding hydrogens is 335 g/mol. The van der Waals surface area contributed by atoms with Crippen molar-refractivity contribution in [3.63, 3.8) is 0 Å². The molecule has 5 nitrogen and oxygen atoms in total. The quantitative estimate of drug-likeness (QED) is 0.855. The molecule has 0 aliphatic rings. The summed E-state index contributed by atoms with van der Waals surface area (Å²) in [6, 6.07) is 4.69. The van der Waals surface area contributed by atoms with Gasteiger partial charge in [0.25, 0.3) is 0 Å². The number of aliphatic carboxylic acids is 1. The molecule has 19 heavy (non-hydrogen) atoms. The maximum absolute atomic E-state index is 12.0. The van der Waals surface area contributed by atoms with Crippen LogP contribution in [-0.4, -0.2) is 35.1 Å². The number of hydrogen-bond donors (Lipinski definition) is 2. The SMILES string of the molecule is CCN(CCC(=O)O)C(=O)Nc1cc(Cl)ccc1Br. The number of urea groups is 1. The Labute approximate surface area is 124 Å². The van der Waals surface area contributed by atoms with Crippen LogP contribution in [0.5, 0.6) is 0 Å². The van der Waals surface area contributed by atoms with Gasteiger partial charge in [-0.2, -0.15) is 0 Å². The van der Waals surface area contributed by atoms with E-state index in [9.17, 15) is 9.59 Å². The summed E-state index contributed by atoms with van der Waals surface area (Å²) in [4.78, 5) is 23.9. The van der Waals surface area contributed by atoms with Crippen LogP contribution >= 0.6 is 27.5 Å². The molecule has 0 bridgehead atoms. The molecule has 0 saturated heterocycles. The summed E-state index contributed by atoms with van der Waals surface area (Å²) in [5.41, 5.74) is 0.547. The average molecular weight is 350 g/mol. The van der Waals surface area contributed by atoms with Crippen LogP contribution in [0.15, 0.2) is 22.7 Å². The molecule has 1 aromatic carbocycles. The highest BCUT2D eigenvalue weighted by atomic mass is 79.9. The lowest BCUT2D eigenvalue weighted by Crippen LogP contribution is -2.36. The molecule has 0 saturated carbocycles. The zero-order valence-electron chi connectivity index (χ0n) is 10.3. The summed E-state index contributed by atoms with van der Waals surface area (Å²) in [7, 11) is 0. The van der Waals surface area contributed by atoms with Gasteiger partial charge in [-0.05, 0) is 41.1 Å². The Morgan fingerprint density at radius 2 is 2.16 bits per heavy atom. The molecule has 0 spiro atoms. The van der Waals surface area contributed by atoms with Crippen LogP contribution in [0.1, 0.15) is 13.3 Å². The fourth-order valence-electron chi connectivity index (χ4n) is 1.42. The second-order valence-electron chi connectivity index (χ2n) is 3.78. The molecule has 0 radical (unpaired) electrons. The first-order valence-electron chi connectivity index (χ1n) is 5.66. The highest BCUT2D eigenvalue weighted by molar-refractivity contribution is 9.10. The molecule has 0 fully saturated rings. The maximum Gasteiger partial charge on any atom is 0.321 e. The number of carboxylic acid groups (broad SMARTS) is 1. The molecule has 0 aromatic heterocycles. The molecule has 0 aliphatic carbocycles. The van der Waals surface area contributed by atoms with Gasteiger partial charge >= 0.3 is 12.0 Å². The van der Waals surface area contributed by atoms with E-state index in [2.05, 4.69) is 21.2 Å². The number of amides is 2. The number of anilines is 1. The van der Waals surface area contributed by atoms with Crippen molar-refractivity contribution in [1.82, 2.24) is 4.90 Å². The van der Waals surface area contributed by atoms with Gasteiger partial charge in [0.15, 0.2) is 0 Å². The number of carbonyl (C=O) groups is 2. The van der Waals surface area contributed by atoms with Crippen LogP contribution in [0.2, 0.25) is 5.02 Å². The first kappa shape index (κ1) is 15.8. The number of hydrogen-bond acceptors (Lipinski definition) is 2. The zero-order valence-corrected chi connectivity index (χ0v) is 12.7. The van der Waals surface area contributed by atoms with E-state index >= 15 is 0 Å². The van der Waals surface area contributed by atoms with Crippen LogP contribution in [0.4, 0.5) is 10.5 Å². The highest BCUT2D eigenvalue weighted by Gasteiger charge is 2.14. The maximum atomic E-state index is 12.0. The Bertz CT molecular complexity index is 482. The number of carbonyl (C=O) groups excluding carboxylic acids is 1. The third-order valence-electron chi connectivity index (χ3n) is 2.43. The van der Waals surface area contributed by atoms with E-state index in [1.165, 1.54) is 4.90 Å². The molecule has 7 heteroatoms. The molecule has 0 unspecified atom stereocenters. The number of nitrogens with one attached hydrogen (secondary N) is 1. The standard InChI is InChI=1S/C12H14BrClN2O3/c1-2-16(6-5-11(17)18)12(19)15-10-7-8(14)3-4-9(10)13/h3-4,7H,2,5-6H2,1H3,(H,15,19)(H,17,18). The van der Waals surface area contributed by atoms with Gasteiger partial charge in [0, 0.05) is 22.6 Å². The van der Waals surface area contributed by atoms with Gasteiger partial charge < -0.3 is 15.3 Å². The second kappa shape index (κ2) is 7.35. The molecule has 0 aliphatic heterocycles. The van der Waals surface area contributed by atoms with Gasteiger partial charge in [-0.1, -0.05) is 11.6 Å². The van der Waals surface area contributed by atoms with Crippen molar-refractivity contribution in [2.75, 3.05) is 18.4 Å². The minimum atomic E-state index is -0.935. The van der Waals surface area contributed by atoms with Gasteiger partial charge in [-0.3, -0.25) is 4.79 Å². The van der Waals surface area contributed by atoms with E-state index in [0.29, 0.717) is 21.7 Å². The van der Waals surface area contributed by atoms with E-state index in [1.54, 1.807) is 25.1 Å². The van der Waals surface area contributed by atoms with Crippen molar-refractivity contribution in [2.24, 2.45) is 0 Å². The monoisotopic (exact) mass is 348 g/mol. The zero-order chi connectivity index (χ0) is 14.4. The Balaban J connectivity index is 2.71. The highest BCUT2D eigenvalue weighted by Crippen LogP contribution is 2.26. The fourth-order valence-corrected chi connectivity index (χ4v) is 1.94. The summed E-state index contributed by atoms with van der Waals surface area (Å²) < 4.78 is 0.708. The molecule has 104 valence electrons.